The van der Waals surface area contributed by atoms with E-state index in [4.69, 9.17) is 17.3 Å². The van der Waals surface area contributed by atoms with Crippen molar-refractivity contribution in [3.05, 3.63) is 34.9 Å². The monoisotopic (exact) mass is 295 g/mol. The summed E-state index contributed by atoms with van der Waals surface area (Å²) in [6.45, 7) is 4.35. The van der Waals surface area contributed by atoms with Crippen LogP contribution < -0.4 is 5.73 Å². The maximum atomic E-state index is 6.23. The predicted octanol–water partition coefficient (Wildman–Crippen LogP) is 2.75. The molecule has 1 aliphatic rings. The highest BCUT2D eigenvalue weighted by molar-refractivity contribution is 6.30. The number of rotatable bonds is 5. The average Bonchev–Trinajstić information content (AvgIpc) is 2.77. The molecule has 20 heavy (non-hydrogen) atoms. The number of nitrogens with two attached hydrogens (primary N) is 1. The Kier molecular flexibility index (Phi) is 5.44. The van der Waals surface area contributed by atoms with E-state index in [2.05, 4.69) is 43.0 Å². The highest BCUT2D eigenvalue weighted by atomic mass is 35.5. The second-order valence-corrected chi connectivity index (χ2v) is 6.51. The zero-order valence-corrected chi connectivity index (χ0v) is 13.5. The fraction of sp³-hybridized carbons (Fsp3) is 0.625. The first kappa shape index (κ1) is 15.8. The van der Waals surface area contributed by atoms with Gasteiger partial charge in [-0.15, -0.1) is 0 Å². The third-order valence-electron chi connectivity index (χ3n) is 4.35. The summed E-state index contributed by atoms with van der Waals surface area (Å²) in [4.78, 5) is 4.84. The van der Waals surface area contributed by atoms with E-state index in [0.29, 0.717) is 6.04 Å². The Bertz CT molecular complexity index is 418. The molecule has 1 aromatic rings. The lowest BCUT2D eigenvalue weighted by molar-refractivity contribution is 0.163. The maximum Gasteiger partial charge on any atom is 0.0494 e. The van der Waals surface area contributed by atoms with Gasteiger partial charge in [-0.25, -0.2) is 0 Å². The Morgan fingerprint density at radius 1 is 1.40 bits per heavy atom. The number of halogens is 1. The van der Waals surface area contributed by atoms with Crippen LogP contribution in [0.5, 0.6) is 0 Å². The number of nitrogens with zero attached hydrogens (tertiary/aromatic N) is 2. The summed E-state index contributed by atoms with van der Waals surface area (Å²) < 4.78 is 0. The molecule has 1 fully saturated rings. The van der Waals surface area contributed by atoms with Crippen LogP contribution in [-0.4, -0.2) is 49.1 Å². The van der Waals surface area contributed by atoms with Crippen molar-refractivity contribution < 1.29 is 0 Å². The molecule has 3 atom stereocenters. The molecule has 3 nitrogen and oxygen atoms in total. The van der Waals surface area contributed by atoms with Crippen LogP contribution in [0.25, 0.3) is 0 Å². The second kappa shape index (κ2) is 6.90. The average molecular weight is 296 g/mol. The number of benzene rings is 1. The summed E-state index contributed by atoms with van der Waals surface area (Å²) in [6, 6.07) is 9.04. The Morgan fingerprint density at radius 2 is 2.05 bits per heavy atom. The lowest BCUT2D eigenvalue weighted by Crippen LogP contribution is -2.43. The molecule has 2 rings (SSSR count). The summed E-state index contributed by atoms with van der Waals surface area (Å²) in [6.07, 6.45) is 2.59. The fourth-order valence-corrected chi connectivity index (χ4v) is 3.40. The summed E-state index contributed by atoms with van der Waals surface area (Å²) in [5.74, 6) is 0. The second-order valence-electron chi connectivity index (χ2n) is 6.07. The summed E-state index contributed by atoms with van der Waals surface area (Å²) in [5.41, 5.74) is 7.47. The van der Waals surface area contributed by atoms with Crippen molar-refractivity contribution in [3.8, 4) is 0 Å². The molecule has 1 saturated heterocycles. The van der Waals surface area contributed by atoms with Crippen molar-refractivity contribution >= 4 is 11.6 Å². The molecule has 0 saturated carbocycles. The van der Waals surface area contributed by atoms with Gasteiger partial charge < -0.3 is 10.6 Å². The van der Waals surface area contributed by atoms with Crippen LogP contribution in [0.4, 0.5) is 0 Å². The SMILES string of the molecule is CC(N)C(c1ccc(Cl)cc1)N(C)CC1CCCN1C. The first-order valence-electron chi connectivity index (χ1n) is 7.40. The highest BCUT2D eigenvalue weighted by Crippen LogP contribution is 2.26. The van der Waals surface area contributed by atoms with Crippen molar-refractivity contribution in [2.45, 2.75) is 37.9 Å². The van der Waals surface area contributed by atoms with E-state index in [-0.39, 0.29) is 12.1 Å². The van der Waals surface area contributed by atoms with Gasteiger partial charge in [-0.2, -0.15) is 0 Å². The molecular weight excluding hydrogens is 270 g/mol. The van der Waals surface area contributed by atoms with Gasteiger partial charge in [-0.1, -0.05) is 23.7 Å². The van der Waals surface area contributed by atoms with Gasteiger partial charge in [-0.05, 0) is 58.1 Å². The van der Waals surface area contributed by atoms with Gasteiger partial charge in [0.25, 0.3) is 0 Å². The molecule has 0 amide bonds. The molecule has 112 valence electrons. The van der Waals surface area contributed by atoms with Crippen molar-refractivity contribution in [1.29, 1.82) is 0 Å². The minimum atomic E-state index is 0.0906. The summed E-state index contributed by atoms with van der Waals surface area (Å²) in [5, 5.41) is 0.773. The lowest BCUT2D eigenvalue weighted by atomic mass is 9.99. The van der Waals surface area contributed by atoms with Crippen LogP contribution in [0.1, 0.15) is 31.4 Å². The quantitative estimate of drug-likeness (QED) is 0.906. The van der Waals surface area contributed by atoms with Crippen LogP contribution in [0, 0.1) is 0 Å². The van der Waals surface area contributed by atoms with Crippen LogP contribution in [-0.2, 0) is 0 Å². The molecule has 1 aliphatic heterocycles. The van der Waals surface area contributed by atoms with E-state index < -0.39 is 0 Å². The minimum absolute atomic E-state index is 0.0906. The number of hydrogen-bond acceptors (Lipinski definition) is 3. The normalized spacial score (nSPS) is 23.2. The largest absolute Gasteiger partial charge is 0.326 e. The minimum Gasteiger partial charge on any atom is -0.326 e. The molecule has 2 N–H and O–H groups in total. The molecule has 0 bridgehead atoms. The van der Waals surface area contributed by atoms with Crippen LogP contribution >= 0.6 is 11.6 Å². The predicted molar refractivity (Wildman–Crippen MR) is 86.1 cm³/mol. The Labute approximate surface area is 127 Å². The zero-order chi connectivity index (χ0) is 14.7. The number of likely N-dealkylation sites (tertiary alicyclic amines) is 1. The van der Waals surface area contributed by atoms with Gasteiger partial charge in [0.05, 0.1) is 0 Å². The van der Waals surface area contributed by atoms with Gasteiger partial charge >= 0.3 is 0 Å². The van der Waals surface area contributed by atoms with Gasteiger partial charge in [0.1, 0.15) is 0 Å². The number of hydrogen-bond donors (Lipinski definition) is 1. The molecule has 0 radical (unpaired) electrons. The summed E-state index contributed by atoms with van der Waals surface area (Å²) >= 11 is 5.98. The van der Waals surface area contributed by atoms with Gasteiger partial charge in [0, 0.05) is 29.7 Å². The third kappa shape index (κ3) is 3.73. The smallest absolute Gasteiger partial charge is 0.0494 e. The first-order chi connectivity index (χ1) is 9.49. The van der Waals surface area contributed by atoms with Crippen LogP contribution in [0.3, 0.4) is 0 Å². The van der Waals surface area contributed by atoms with Gasteiger partial charge in [0.2, 0.25) is 0 Å². The van der Waals surface area contributed by atoms with Crippen molar-refractivity contribution in [1.82, 2.24) is 9.80 Å². The first-order valence-corrected chi connectivity index (χ1v) is 7.78. The molecule has 1 aromatic carbocycles. The van der Waals surface area contributed by atoms with Crippen molar-refractivity contribution in [3.63, 3.8) is 0 Å². The Balaban J connectivity index is 2.09. The maximum absolute atomic E-state index is 6.23. The van der Waals surface area contributed by atoms with Crippen LogP contribution in [0.15, 0.2) is 24.3 Å². The summed E-state index contributed by atoms with van der Waals surface area (Å²) in [7, 11) is 4.39. The van der Waals surface area contributed by atoms with Crippen LogP contribution in [0.2, 0.25) is 5.02 Å². The van der Waals surface area contributed by atoms with E-state index in [1.807, 2.05) is 12.1 Å². The zero-order valence-electron chi connectivity index (χ0n) is 12.7. The van der Waals surface area contributed by atoms with E-state index >= 15 is 0 Å². The fourth-order valence-electron chi connectivity index (χ4n) is 3.28. The van der Waals surface area contributed by atoms with Gasteiger partial charge in [-0.3, -0.25) is 4.90 Å². The topological polar surface area (TPSA) is 32.5 Å². The molecular formula is C16H26ClN3. The molecule has 0 aliphatic carbocycles. The number of likely N-dealkylation sites (N-methyl/N-ethyl adjacent to an activating group) is 2. The molecule has 4 heteroatoms. The molecule has 3 unspecified atom stereocenters. The van der Waals surface area contributed by atoms with E-state index in [0.717, 1.165) is 11.6 Å². The molecule has 0 spiro atoms. The Morgan fingerprint density at radius 3 is 2.55 bits per heavy atom. The highest BCUT2D eigenvalue weighted by Gasteiger charge is 2.27. The molecule has 1 heterocycles. The Hall–Kier alpha value is -0.610. The lowest BCUT2D eigenvalue weighted by Gasteiger charge is -2.34. The van der Waals surface area contributed by atoms with Gasteiger partial charge in [0.15, 0.2) is 0 Å². The van der Waals surface area contributed by atoms with E-state index in [9.17, 15) is 0 Å². The van der Waals surface area contributed by atoms with E-state index in [1.54, 1.807) is 0 Å². The molecule has 0 aromatic heterocycles. The van der Waals surface area contributed by atoms with Crippen molar-refractivity contribution in [2.24, 2.45) is 5.73 Å². The third-order valence-corrected chi connectivity index (χ3v) is 4.61. The van der Waals surface area contributed by atoms with E-state index in [1.165, 1.54) is 24.9 Å². The standard InChI is InChI=1S/C16H26ClN3/c1-12(18)16(13-6-8-14(17)9-7-13)20(3)11-15-5-4-10-19(15)2/h6-9,12,15-16H,4-5,10-11,18H2,1-3H3. The van der Waals surface area contributed by atoms with Crippen molar-refractivity contribution in [2.75, 3.05) is 27.2 Å².